The summed E-state index contributed by atoms with van der Waals surface area (Å²) >= 11 is 7.39. The molecule has 1 saturated heterocycles. The second-order valence-electron chi connectivity index (χ2n) is 4.66. The van der Waals surface area contributed by atoms with E-state index in [1.807, 2.05) is 18.2 Å². The number of morpholine rings is 1. The number of halogens is 1. The van der Waals surface area contributed by atoms with Crippen molar-refractivity contribution in [2.24, 2.45) is 0 Å². The van der Waals surface area contributed by atoms with E-state index in [4.69, 9.17) is 21.4 Å². The number of ether oxygens (including phenoxy) is 1. The fourth-order valence-corrected chi connectivity index (χ4v) is 3.09. The number of carboxylic acids is 1. The first-order valence-corrected chi connectivity index (χ1v) is 8.04. The summed E-state index contributed by atoms with van der Waals surface area (Å²) in [4.78, 5) is 24.5. The van der Waals surface area contributed by atoms with E-state index < -0.39 is 12.1 Å². The zero-order valence-electron chi connectivity index (χ0n) is 11.3. The van der Waals surface area contributed by atoms with E-state index in [0.29, 0.717) is 23.1 Å². The summed E-state index contributed by atoms with van der Waals surface area (Å²) in [6.07, 6.45) is -0.916. The Morgan fingerprint density at radius 1 is 1.48 bits per heavy atom. The molecule has 1 heterocycles. The highest BCUT2D eigenvalue weighted by Gasteiger charge is 2.28. The lowest BCUT2D eigenvalue weighted by molar-refractivity contribution is -0.158. The topological polar surface area (TPSA) is 66.8 Å². The molecule has 114 valence electrons. The van der Waals surface area contributed by atoms with Crippen LogP contribution in [0.1, 0.15) is 5.56 Å². The van der Waals surface area contributed by atoms with Crippen LogP contribution in [0.4, 0.5) is 0 Å². The Morgan fingerprint density at radius 3 is 3.00 bits per heavy atom. The first kappa shape index (κ1) is 16.1. The number of carbonyl (C=O) groups excluding carboxylic acids is 1. The van der Waals surface area contributed by atoms with Gasteiger partial charge in [0, 0.05) is 17.3 Å². The highest BCUT2D eigenvalue weighted by atomic mass is 35.5. The fourth-order valence-electron chi connectivity index (χ4n) is 2.00. The van der Waals surface area contributed by atoms with Crippen LogP contribution in [0.2, 0.25) is 5.02 Å². The van der Waals surface area contributed by atoms with Gasteiger partial charge in [-0.2, -0.15) is 0 Å². The molecule has 1 fully saturated rings. The van der Waals surface area contributed by atoms with Crippen LogP contribution in [-0.4, -0.2) is 53.4 Å². The summed E-state index contributed by atoms with van der Waals surface area (Å²) < 4.78 is 5.09. The first-order chi connectivity index (χ1) is 10.1. The van der Waals surface area contributed by atoms with E-state index in [1.165, 1.54) is 11.8 Å². The molecule has 1 aliphatic rings. The highest BCUT2D eigenvalue weighted by Crippen LogP contribution is 2.17. The van der Waals surface area contributed by atoms with Gasteiger partial charge in [0.15, 0.2) is 6.10 Å². The lowest BCUT2D eigenvalue weighted by atomic mass is 10.2. The molecule has 0 saturated carbocycles. The Hall–Kier alpha value is -1.24. The van der Waals surface area contributed by atoms with Gasteiger partial charge < -0.3 is 14.7 Å². The molecule has 1 N–H and O–H groups in total. The van der Waals surface area contributed by atoms with Crippen LogP contribution in [0.15, 0.2) is 24.3 Å². The molecule has 2 rings (SSSR count). The van der Waals surface area contributed by atoms with Crippen molar-refractivity contribution in [2.45, 2.75) is 11.9 Å². The number of thioether (sulfide) groups is 1. The molecule has 0 radical (unpaired) electrons. The van der Waals surface area contributed by atoms with Crippen molar-refractivity contribution in [1.82, 2.24) is 4.90 Å². The summed E-state index contributed by atoms with van der Waals surface area (Å²) in [6.45, 7) is 0.827. The molecule has 1 aliphatic heterocycles. The van der Waals surface area contributed by atoms with Crippen LogP contribution < -0.4 is 0 Å². The van der Waals surface area contributed by atoms with E-state index in [9.17, 15) is 9.59 Å². The third-order valence-electron chi connectivity index (χ3n) is 3.08. The predicted octanol–water partition coefficient (Wildman–Crippen LogP) is 1.89. The third-order valence-corrected chi connectivity index (χ3v) is 4.30. The zero-order valence-corrected chi connectivity index (χ0v) is 12.9. The molecule has 1 aromatic rings. The number of rotatable bonds is 5. The molecule has 1 amide bonds. The summed E-state index contributed by atoms with van der Waals surface area (Å²) in [5.41, 5.74) is 1.06. The Labute approximate surface area is 132 Å². The number of carboxylic acid groups (broad SMARTS) is 1. The highest BCUT2D eigenvalue weighted by molar-refractivity contribution is 7.99. The molecule has 0 aliphatic carbocycles. The number of carbonyl (C=O) groups is 2. The van der Waals surface area contributed by atoms with Gasteiger partial charge in [0.1, 0.15) is 0 Å². The van der Waals surface area contributed by atoms with Crippen molar-refractivity contribution >= 4 is 35.2 Å². The van der Waals surface area contributed by atoms with Crippen LogP contribution in [0.5, 0.6) is 0 Å². The second-order valence-corrected chi connectivity index (χ2v) is 6.08. The van der Waals surface area contributed by atoms with Gasteiger partial charge in [-0.1, -0.05) is 23.7 Å². The Balaban J connectivity index is 1.78. The molecule has 21 heavy (non-hydrogen) atoms. The van der Waals surface area contributed by atoms with Crippen molar-refractivity contribution < 1.29 is 19.4 Å². The smallest absolute Gasteiger partial charge is 0.334 e. The maximum absolute atomic E-state index is 12.1. The van der Waals surface area contributed by atoms with Crippen LogP contribution in [-0.2, 0) is 20.1 Å². The maximum Gasteiger partial charge on any atom is 0.334 e. The van der Waals surface area contributed by atoms with Gasteiger partial charge in [-0.05, 0) is 17.7 Å². The third kappa shape index (κ3) is 4.91. The SMILES string of the molecule is O=C(O)C1CN(C(=O)CSCc2cccc(Cl)c2)CCO1. The van der Waals surface area contributed by atoms with Gasteiger partial charge in [-0.25, -0.2) is 4.79 Å². The van der Waals surface area contributed by atoms with Crippen molar-refractivity contribution in [2.75, 3.05) is 25.4 Å². The Kier molecular flexibility index (Phi) is 5.90. The molecule has 5 nitrogen and oxygen atoms in total. The number of hydrogen-bond acceptors (Lipinski definition) is 4. The molecule has 7 heteroatoms. The minimum Gasteiger partial charge on any atom is -0.479 e. The molecule has 1 unspecified atom stereocenters. The number of benzene rings is 1. The number of amides is 1. The van der Waals surface area contributed by atoms with E-state index in [-0.39, 0.29) is 19.1 Å². The first-order valence-electron chi connectivity index (χ1n) is 6.50. The molecule has 0 aromatic heterocycles. The number of nitrogens with zero attached hydrogens (tertiary/aromatic N) is 1. The van der Waals surface area contributed by atoms with Gasteiger partial charge in [0.25, 0.3) is 0 Å². The molecule has 0 spiro atoms. The Morgan fingerprint density at radius 2 is 2.29 bits per heavy atom. The molecule has 1 atom stereocenters. The standard InChI is InChI=1S/C14H16ClNO4S/c15-11-3-1-2-10(6-11)8-21-9-13(17)16-4-5-20-12(7-16)14(18)19/h1-3,6,12H,4-5,7-9H2,(H,18,19). The number of hydrogen-bond donors (Lipinski definition) is 1. The van der Waals surface area contributed by atoms with Gasteiger partial charge in [-0.15, -0.1) is 11.8 Å². The van der Waals surface area contributed by atoms with Crippen LogP contribution in [0, 0.1) is 0 Å². The molecular weight excluding hydrogens is 314 g/mol. The predicted molar refractivity (Wildman–Crippen MR) is 81.6 cm³/mol. The van der Waals surface area contributed by atoms with E-state index >= 15 is 0 Å². The van der Waals surface area contributed by atoms with E-state index in [1.54, 1.807) is 11.0 Å². The number of aliphatic carboxylic acids is 1. The average molecular weight is 330 g/mol. The molecular formula is C14H16ClNO4S. The van der Waals surface area contributed by atoms with Gasteiger partial charge >= 0.3 is 5.97 Å². The van der Waals surface area contributed by atoms with Gasteiger partial charge in [-0.3, -0.25) is 4.79 Å². The van der Waals surface area contributed by atoms with Crippen molar-refractivity contribution in [3.05, 3.63) is 34.9 Å². The lowest BCUT2D eigenvalue weighted by Crippen LogP contribution is -2.49. The molecule has 0 bridgehead atoms. The molecule has 1 aromatic carbocycles. The van der Waals surface area contributed by atoms with Crippen LogP contribution >= 0.6 is 23.4 Å². The Bertz CT molecular complexity index is 525. The maximum atomic E-state index is 12.1. The van der Waals surface area contributed by atoms with Crippen LogP contribution in [0.3, 0.4) is 0 Å². The van der Waals surface area contributed by atoms with Gasteiger partial charge in [0.2, 0.25) is 5.91 Å². The van der Waals surface area contributed by atoms with Crippen molar-refractivity contribution in [1.29, 1.82) is 0 Å². The summed E-state index contributed by atoms with van der Waals surface area (Å²) in [6, 6.07) is 7.51. The van der Waals surface area contributed by atoms with Crippen molar-refractivity contribution in [3.8, 4) is 0 Å². The van der Waals surface area contributed by atoms with Crippen molar-refractivity contribution in [3.63, 3.8) is 0 Å². The van der Waals surface area contributed by atoms with Crippen LogP contribution in [0.25, 0.3) is 0 Å². The van der Waals surface area contributed by atoms with E-state index in [0.717, 1.165) is 5.56 Å². The minimum absolute atomic E-state index is 0.0587. The second kappa shape index (κ2) is 7.68. The lowest BCUT2D eigenvalue weighted by Gasteiger charge is -2.30. The monoisotopic (exact) mass is 329 g/mol. The van der Waals surface area contributed by atoms with E-state index in [2.05, 4.69) is 0 Å². The quantitative estimate of drug-likeness (QED) is 0.893. The average Bonchev–Trinajstić information content (AvgIpc) is 2.47. The largest absolute Gasteiger partial charge is 0.479 e. The summed E-state index contributed by atoms with van der Waals surface area (Å²) in [7, 11) is 0. The zero-order chi connectivity index (χ0) is 15.2. The minimum atomic E-state index is -1.03. The fraction of sp³-hybridized carbons (Fsp3) is 0.429. The summed E-state index contributed by atoms with van der Waals surface area (Å²) in [5.74, 6) is -0.0756. The van der Waals surface area contributed by atoms with Gasteiger partial charge in [0.05, 0.1) is 18.9 Å². The summed E-state index contributed by atoms with van der Waals surface area (Å²) in [5, 5.41) is 9.59. The normalized spacial score (nSPS) is 18.5.